The van der Waals surface area contributed by atoms with Gasteiger partial charge in [0.2, 0.25) is 5.78 Å². The SMILES string of the molecule is Cn1c(=O)c(C(=O)COC(=O)C2(c3ccc(Cl)cc3)CC2)c(N)n(Cc2ccccc2)c1=O. The largest absolute Gasteiger partial charge is 0.457 e. The van der Waals surface area contributed by atoms with E-state index in [2.05, 4.69) is 0 Å². The number of nitrogens with two attached hydrogens (primary N) is 1. The molecule has 1 saturated carbocycles. The van der Waals surface area contributed by atoms with E-state index < -0.39 is 35.0 Å². The molecule has 3 aromatic rings. The molecule has 33 heavy (non-hydrogen) atoms. The molecule has 8 nitrogen and oxygen atoms in total. The van der Waals surface area contributed by atoms with Gasteiger partial charge in [-0.05, 0) is 36.1 Å². The summed E-state index contributed by atoms with van der Waals surface area (Å²) in [6.07, 6.45) is 1.18. The van der Waals surface area contributed by atoms with Crippen LogP contribution in [0.3, 0.4) is 0 Å². The van der Waals surface area contributed by atoms with Crippen LogP contribution in [0.2, 0.25) is 5.02 Å². The van der Waals surface area contributed by atoms with Crippen LogP contribution in [0, 0.1) is 0 Å². The van der Waals surface area contributed by atoms with E-state index in [-0.39, 0.29) is 17.9 Å². The van der Waals surface area contributed by atoms with Crippen molar-refractivity contribution in [3.63, 3.8) is 0 Å². The second-order valence-corrected chi connectivity index (χ2v) is 8.50. The third kappa shape index (κ3) is 4.21. The van der Waals surface area contributed by atoms with Crippen molar-refractivity contribution in [1.82, 2.24) is 9.13 Å². The van der Waals surface area contributed by atoms with Gasteiger partial charge in [-0.25, -0.2) is 4.79 Å². The van der Waals surface area contributed by atoms with Crippen molar-refractivity contribution in [2.75, 3.05) is 12.3 Å². The maximum absolute atomic E-state index is 12.9. The van der Waals surface area contributed by atoms with Gasteiger partial charge in [-0.1, -0.05) is 54.1 Å². The zero-order valence-electron chi connectivity index (χ0n) is 17.9. The summed E-state index contributed by atoms with van der Waals surface area (Å²) in [5.41, 5.74) is 4.95. The average Bonchev–Trinajstić information content (AvgIpc) is 3.62. The number of nitrogens with zero attached hydrogens (tertiary/aromatic N) is 2. The van der Waals surface area contributed by atoms with Gasteiger partial charge in [0.25, 0.3) is 5.56 Å². The number of carbonyl (C=O) groups is 2. The van der Waals surface area contributed by atoms with E-state index in [0.717, 1.165) is 20.3 Å². The number of nitrogen functional groups attached to an aromatic ring is 1. The first-order valence-electron chi connectivity index (χ1n) is 10.3. The Kier molecular flexibility index (Phi) is 5.95. The predicted molar refractivity (Wildman–Crippen MR) is 124 cm³/mol. The zero-order chi connectivity index (χ0) is 23.8. The molecule has 1 aromatic heterocycles. The number of benzene rings is 2. The highest BCUT2D eigenvalue weighted by Gasteiger charge is 2.53. The van der Waals surface area contributed by atoms with Crippen LogP contribution in [0.25, 0.3) is 0 Å². The number of rotatable bonds is 7. The summed E-state index contributed by atoms with van der Waals surface area (Å²) in [4.78, 5) is 50.9. The fourth-order valence-electron chi connectivity index (χ4n) is 3.81. The van der Waals surface area contributed by atoms with Crippen LogP contribution in [0.5, 0.6) is 0 Å². The molecule has 0 unspecified atom stereocenters. The number of anilines is 1. The summed E-state index contributed by atoms with van der Waals surface area (Å²) in [6.45, 7) is -0.573. The molecule has 2 aromatic carbocycles. The molecule has 0 spiro atoms. The highest BCUT2D eigenvalue weighted by Crippen LogP contribution is 2.49. The summed E-state index contributed by atoms with van der Waals surface area (Å²) in [5.74, 6) is -1.58. The van der Waals surface area contributed by atoms with Crippen LogP contribution in [-0.2, 0) is 28.5 Å². The van der Waals surface area contributed by atoms with Gasteiger partial charge in [-0.2, -0.15) is 0 Å². The second-order valence-electron chi connectivity index (χ2n) is 8.07. The molecule has 1 fully saturated rings. The lowest BCUT2D eigenvalue weighted by molar-refractivity contribution is -0.145. The Labute approximate surface area is 194 Å². The standard InChI is InChI=1S/C24H22ClN3O5/c1-27-21(30)19(20(26)28(23(27)32)13-15-5-3-2-4-6-15)18(29)14-33-22(31)24(11-12-24)16-7-9-17(25)10-8-16/h2-10H,11-14,26H2,1H3. The van der Waals surface area contributed by atoms with Gasteiger partial charge in [0.15, 0.2) is 6.61 Å². The van der Waals surface area contributed by atoms with E-state index in [1.165, 1.54) is 7.05 Å². The monoisotopic (exact) mass is 467 g/mol. The van der Waals surface area contributed by atoms with E-state index in [1.807, 2.05) is 6.07 Å². The van der Waals surface area contributed by atoms with E-state index in [9.17, 15) is 19.2 Å². The number of halogens is 1. The average molecular weight is 468 g/mol. The Bertz CT molecular complexity index is 1340. The zero-order valence-corrected chi connectivity index (χ0v) is 18.7. The van der Waals surface area contributed by atoms with Crippen LogP contribution < -0.4 is 17.0 Å². The van der Waals surface area contributed by atoms with Crippen molar-refractivity contribution in [1.29, 1.82) is 0 Å². The molecule has 0 amide bonds. The molecule has 2 N–H and O–H groups in total. The van der Waals surface area contributed by atoms with Gasteiger partial charge in [-0.15, -0.1) is 0 Å². The van der Waals surface area contributed by atoms with Gasteiger partial charge in [-0.3, -0.25) is 23.5 Å². The molecule has 0 radical (unpaired) electrons. The first-order valence-corrected chi connectivity index (χ1v) is 10.7. The minimum absolute atomic E-state index is 0.0827. The lowest BCUT2D eigenvalue weighted by Crippen LogP contribution is -2.43. The molecule has 0 saturated heterocycles. The normalized spacial score (nSPS) is 14.0. The Hall–Kier alpha value is -3.65. The van der Waals surface area contributed by atoms with Crippen molar-refractivity contribution in [2.24, 2.45) is 7.05 Å². The Morgan fingerprint density at radius 2 is 1.70 bits per heavy atom. The van der Waals surface area contributed by atoms with Gasteiger partial charge in [0.1, 0.15) is 11.4 Å². The fraction of sp³-hybridized carbons (Fsp3) is 0.250. The number of aromatic nitrogens is 2. The van der Waals surface area contributed by atoms with Gasteiger partial charge < -0.3 is 10.5 Å². The Morgan fingerprint density at radius 1 is 1.06 bits per heavy atom. The molecule has 4 rings (SSSR count). The molecular formula is C24H22ClN3O5. The minimum Gasteiger partial charge on any atom is -0.457 e. The number of carbonyl (C=O) groups excluding carboxylic acids is 2. The predicted octanol–water partition coefficient (Wildman–Crippen LogP) is 2.29. The first kappa shape index (κ1) is 22.5. The van der Waals surface area contributed by atoms with Crippen LogP contribution in [0.1, 0.15) is 34.3 Å². The highest BCUT2D eigenvalue weighted by molar-refractivity contribution is 6.30. The van der Waals surface area contributed by atoms with Crippen LogP contribution in [0.15, 0.2) is 64.2 Å². The molecule has 1 aliphatic rings. The summed E-state index contributed by atoms with van der Waals surface area (Å²) < 4.78 is 7.27. The summed E-state index contributed by atoms with van der Waals surface area (Å²) in [5, 5.41) is 0.551. The smallest absolute Gasteiger partial charge is 0.332 e. The number of hydrogen-bond donors (Lipinski definition) is 1. The summed E-state index contributed by atoms with van der Waals surface area (Å²) in [7, 11) is 1.27. The molecule has 1 aliphatic carbocycles. The van der Waals surface area contributed by atoms with E-state index in [0.29, 0.717) is 17.9 Å². The van der Waals surface area contributed by atoms with Crippen molar-refractivity contribution in [2.45, 2.75) is 24.8 Å². The highest BCUT2D eigenvalue weighted by atomic mass is 35.5. The Balaban J connectivity index is 1.57. The van der Waals surface area contributed by atoms with Crippen molar-refractivity contribution < 1.29 is 14.3 Å². The number of esters is 1. The Morgan fingerprint density at radius 3 is 2.30 bits per heavy atom. The van der Waals surface area contributed by atoms with Crippen molar-refractivity contribution in [3.8, 4) is 0 Å². The maximum atomic E-state index is 12.9. The van der Waals surface area contributed by atoms with Crippen molar-refractivity contribution in [3.05, 3.63) is 97.1 Å². The number of ketones is 1. The van der Waals surface area contributed by atoms with E-state index >= 15 is 0 Å². The molecular weight excluding hydrogens is 446 g/mol. The van der Waals surface area contributed by atoms with Crippen molar-refractivity contribution >= 4 is 29.2 Å². The lowest BCUT2D eigenvalue weighted by Gasteiger charge is -2.16. The lowest BCUT2D eigenvalue weighted by atomic mass is 9.96. The molecule has 1 heterocycles. The number of Topliss-reactive ketones (excluding diaryl/α,β-unsaturated/α-hetero) is 1. The fourth-order valence-corrected chi connectivity index (χ4v) is 3.94. The quantitative estimate of drug-likeness (QED) is 0.421. The van der Waals surface area contributed by atoms with Gasteiger partial charge >= 0.3 is 11.7 Å². The van der Waals surface area contributed by atoms with Crippen LogP contribution in [-0.4, -0.2) is 27.5 Å². The third-order valence-corrected chi connectivity index (χ3v) is 6.17. The van der Waals surface area contributed by atoms with E-state index in [1.54, 1.807) is 48.5 Å². The van der Waals surface area contributed by atoms with E-state index in [4.69, 9.17) is 22.1 Å². The molecule has 0 atom stereocenters. The van der Waals surface area contributed by atoms with Crippen LogP contribution in [0.4, 0.5) is 5.82 Å². The minimum atomic E-state index is -0.832. The molecule has 0 aliphatic heterocycles. The summed E-state index contributed by atoms with van der Waals surface area (Å²) >= 11 is 5.92. The summed E-state index contributed by atoms with van der Waals surface area (Å²) in [6, 6.07) is 15.9. The number of ether oxygens (including phenoxy) is 1. The first-order chi connectivity index (χ1) is 15.7. The van der Waals surface area contributed by atoms with Gasteiger partial charge in [0, 0.05) is 12.1 Å². The second kappa shape index (κ2) is 8.71. The molecule has 0 bridgehead atoms. The molecule has 170 valence electrons. The maximum Gasteiger partial charge on any atom is 0.332 e. The molecule has 9 heteroatoms. The van der Waals surface area contributed by atoms with Crippen LogP contribution >= 0.6 is 11.6 Å². The number of hydrogen-bond acceptors (Lipinski definition) is 6. The topological polar surface area (TPSA) is 113 Å². The third-order valence-electron chi connectivity index (χ3n) is 5.92. The van der Waals surface area contributed by atoms with Gasteiger partial charge in [0.05, 0.1) is 12.0 Å².